The Bertz CT molecular complexity index is 404. The molecule has 0 radical (unpaired) electrons. The van der Waals surface area contributed by atoms with E-state index in [1.807, 2.05) is 0 Å². The van der Waals surface area contributed by atoms with Crippen molar-refractivity contribution in [1.29, 1.82) is 0 Å². The van der Waals surface area contributed by atoms with Crippen LogP contribution in [-0.2, 0) is 33.3 Å². The lowest BCUT2D eigenvalue weighted by atomic mass is 10.2. The minimum absolute atomic E-state index is 0.0541. The summed E-state index contributed by atoms with van der Waals surface area (Å²) < 4.78 is 19.0. The maximum absolute atomic E-state index is 11.4. The third-order valence-corrected chi connectivity index (χ3v) is 2.62. The van der Waals surface area contributed by atoms with Crippen LogP contribution in [0.15, 0.2) is 12.2 Å². The Morgan fingerprint density at radius 2 is 1.57 bits per heavy atom. The molecule has 0 aromatic heterocycles. The highest BCUT2D eigenvalue weighted by Gasteiger charge is 2.12. The number of ether oxygens (including phenoxy) is 4. The molecule has 0 aliphatic carbocycles. The van der Waals surface area contributed by atoms with Crippen molar-refractivity contribution in [3.05, 3.63) is 12.2 Å². The van der Waals surface area contributed by atoms with Crippen molar-refractivity contribution in [1.82, 2.24) is 0 Å². The van der Waals surface area contributed by atoms with Crippen LogP contribution in [0.2, 0.25) is 0 Å². The molecule has 0 rings (SSSR count). The van der Waals surface area contributed by atoms with Gasteiger partial charge in [-0.05, 0) is 6.42 Å². The van der Waals surface area contributed by atoms with Crippen LogP contribution in [0.25, 0.3) is 0 Å². The zero-order chi connectivity index (χ0) is 17.7. The fourth-order valence-corrected chi connectivity index (χ4v) is 1.31. The average Bonchev–Trinajstić information content (AvgIpc) is 2.54. The van der Waals surface area contributed by atoms with E-state index in [2.05, 4.69) is 11.3 Å². The number of methoxy groups -OCH3 is 1. The van der Waals surface area contributed by atoms with Crippen molar-refractivity contribution in [2.75, 3.05) is 33.5 Å². The van der Waals surface area contributed by atoms with Crippen molar-refractivity contribution in [2.24, 2.45) is 0 Å². The number of aliphatic hydroxyl groups excluding tert-OH is 1. The van der Waals surface area contributed by atoms with E-state index in [-0.39, 0.29) is 39.3 Å². The summed E-state index contributed by atoms with van der Waals surface area (Å²) in [6.07, 6.45) is -0.733. The summed E-state index contributed by atoms with van der Waals surface area (Å²) >= 11 is 0. The van der Waals surface area contributed by atoms with E-state index in [0.717, 1.165) is 0 Å². The molecule has 8 nitrogen and oxygen atoms in total. The molecule has 8 heteroatoms. The SMILES string of the molecule is C=C(CC)C(=O)OCCOC(=O)CCC(=O)OCC(O)COC. The second-order valence-electron chi connectivity index (χ2n) is 4.61. The topological polar surface area (TPSA) is 108 Å². The molecule has 1 atom stereocenters. The van der Waals surface area contributed by atoms with E-state index in [1.165, 1.54) is 7.11 Å². The predicted molar refractivity (Wildman–Crippen MR) is 79.4 cm³/mol. The molecule has 1 N–H and O–H groups in total. The van der Waals surface area contributed by atoms with Gasteiger partial charge < -0.3 is 24.1 Å². The maximum atomic E-state index is 11.4. The van der Waals surface area contributed by atoms with Crippen molar-refractivity contribution in [3.63, 3.8) is 0 Å². The number of aliphatic hydroxyl groups is 1. The van der Waals surface area contributed by atoms with Crippen LogP contribution in [0, 0.1) is 0 Å². The molecule has 0 fully saturated rings. The van der Waals surface area contributed by atoms with E-state index < -0.39 is 24.0 Å². The zero-order valence-corrected chi connectivity index (χ0v) is 13.5. The third kappa shape index (κ3) is 11.3. The lowest BCUT2D eigenvalue weighted by Gasteiger charge is -2.10. The van der Waals surface area contributed by atoms with Crippen molar-refractivity contribution in [2.45, 2.75) is 32.3 Å². The Kier molecular flexibility index (Phi) is 11.5. The van der Waals surface area contributed by atoms with Crippen LogP contribution < -0.4 is 0 Å². The quantitative estimate of drug-likeness (QED) is 0.236. The molecular weight excluding hydrogens is 308 g/mol. The Labute approximate surface area is 135 Å². The van der Waals surface area contributed by atoms with Gasteiger partial charge in [-0.1, -0.05) is 13.5 Å². The Morgan fingerprint density at radius 3 is 2.13 bits per heavy atom. The summed E-state index contributed by atoms with van der Waals surface area (Å²) in [6.45, 7) is 4.98. The van der Waals surface area contributed by atoms with Gasteiger partial charge in [-0.2, -0.15) is 0 Å². The van der Waals surface area contributed by atoms with Crippen LogP contribution >= 0.6 is 0 Å². The van der Waals surface area contributed by atoms with Crippen LogP contribution in [0.1, 0.15) is 26.2 Å². The molecule has 0 bridgehead atoms. The summed E-state index contributed by atoms with van der Waals surface area (Å²) in [7, 11) is 1.41. The predicted octanol–water partition coefficient (Wildman–Crippen LogP) is 0.370. The maximum Gasteiger partial charge on any atom is 0.333 e. The van der Waals surface area contributed by atoms with E-state index >= 15 is 0 Å². The van der Waals surface area contributed by atoms with E-state index in [0.29, 0.717) is 12.0 Å². The fraction of sp³-hybridized carbons (Fsp3) is 0.667. The summed E-state index contributed by atoms with van der Waals surface area (Å²) in [5, 5.41) is 9.28. The molecule has 0 aliphatic rings. The number of carbonyl (C=O) groups is 3. The van der Waals surface area contributed by atoms with E-state index in [1.54, 1.807) is 6.92 Å². The van der Waals surface area contributed by atoms with Gasteiger partial charge in [0, 0.05) is 12.7 Å². The second-order valence-corrected chi connectivity index (χ2v) is 4.61. The standard InChI is InChI=1S/C15H24O8/c1-4-11(2)15(19)22-8-7-21-13(17)5-6-14(18)23-10-12(16)9-20-3/h12,16H,2,4-10H2,1,3H3. The zero-order valence-electron chi connectivity index (χ0n) is 13.5. The summed E-state index contributed by atoms with van der Waals surface area (Å²) in [6, 6.07) is 0. The van der Waals surface area contributed by atoms with Gasteiger partial charge in [-0.3, -0.25) is 9.59 Å². The van der Waals surface area contributed by atoms with Gasteiger partial charge in [0.25, 0.3) is 0 Å². The summed E-state index contributed by atoms with van der Waals surface area (Å²) in [4.78, 5) is 33.9. The number of hydrogen-bond donors (Lipinski definition) is 1. The van der Waals surface area contributed by atoms with Crippen LogP contribution in [-0.4, -0.2) is 62.7 Å². The van der Waals surface area contributed by atoms with Gasteiger partial charge >= 0.3 is 17.9 Å². The number of rotatable bonds is 12. The first-order valence-corrected chi connectivity index (χ1v) is 7.23. The smallest absolute Gasteiger partial charge is 0.333 e. The number of hydrogen-bond acceptors (Lipinski definition) is 8. The van der Waals surface area contributed by atoms with Crippen LogP contribution in [0.5, 0.6) is 0 Å². The molecular formula is C15H24O8. The van der Waals surface area contributed by atoms with Gasteiger partial charge in [-0.15, -0.1) is 0 Å². The van der Waals surface area contributed by atoms with Crippen LogP contribution in [0.4, 0.5) is 0 Å². The molecule has 1 unspecified atom stereocenters. The highest BCUT2D eigenvalue weighted by atomic mass is 16.6. The molecule has 23 heavy (non-hydrogen) atoms. The highest BCUT2D eigenvalue weighted by molar-refractivity contribution is 5.87. The molecule has 0 aromatic rings. The fourth-order valence-electron chi connectivity index (χ4n) is 1.31. The normalized spacial score (nSPS) is 11.4. The molecule has 0 heterocycles. The molecule has 0 aliphatic heterocycles. The first-order valence-electron chi connectivity index (χ1n) is 7.23. The van der Waals surface area contributed by atoms with Crippen molar-refractivity contribution >= 4 is 17.9 Å². The molecule has 0 saturated carbocycles. The van der Waals surface area contributed by atoms with Gasteiger partial charge in [0.2, 0.25) is 0 Å². The largest absolute Gasteiger partial charge is 0.463 e. The first kappa shape index (κ1) is 21.1. The van der Waals surface area contributed by atoms with Crippen molar-refractivity contribution < 1.29 is 38.4 Å². The lowest BCUT2D eigenvalue weighted by molar-refractivity contribution is -0.154. The summed E-state index contributed by atoms with van der Waals surface area (Å²) in [5.41, 5.74) is 0.342. The van der Waals surface area contributed by atoms with Gasteiger partial charge in [0.05, 0.1) is 19.4 Å². The molecule has 0 saturated heterocycles. The summed E-state index contributed by atoms with van der Waals surface area (Å²) in [5.74, 6) is -1.76. The number of esters is 3. The molecule has 0 spiro atoms. The Morgan fingerprint density at radius 1 is 1.00 bits per heavy atom. The number of carbonyl (C=O) groups excluding carboxylic acids is 3. The minimum atomic E-state index is -0.900. The highest BCUT2D eigenvalue weighted by Crippen LogP contribution is 2.00. The lowest BCUT2D eigenvalue weighted by Crippen LogP contribution is -2.23. The average molecular weight is 332 g/mol. The van der Waals surface area contributed by atoms with Gasteiger partial charge in [0.15, 0.2) is 0 Å². The molecule has 132 valence electrons. The van der Waals surface area contributed by atoms with Gasteiger partial charge in [-0.25, -0.2) is 4.79 Å². The Balaban J connectivity index is 3.69. The van der Waals surface area contributed by atoms with Crippen molar-refractivity contribution in [3.8, 4) is 0 Å². The first-order chi connectivity index (χ1) is 10.9. The van der Waals surface area contributed by atoms with E-state index in [4.69, 9.17) is 14.2 Å². The third-order valence-electron chi connectivity index (χ3n) is 2.62. The second kappa shape index (κ2) is 12.6. The Hall–Kier alpha value is -1.93. The van der Waals surface area contributed by atoms with E-state index in [9.17, 15) is 19.5 Å². The molecule has 0 aromatic carbocycles. The monoisotopic (exact) mass is 332 g/mol. The molecule has 0 amide bonds. The van der Waals surface area contributed by atoms with Crippen LogP contribution in [0.3, 0.4) is 0 Å². The van der Waals surface area contributed by atoms with Gasteiger partial charge in [0.1, 0.15) is 25.9 Å². The minimum Gasteiger partial charge on any atom is -0.463 e.